The van der Waals surface area contributed by atoms with Crippen molar-refractivity contribution in [2.24, 2.45) is 0 Å². The van der Waals surface area contributed by atoms with Crippen LogP contribution in [0.5, 0.6) is 0 Å². The van der Waals surface area contributed by atoms with E-state index >= 15 is 0 Å². The Kier molecular flexibility index (Phi) is 4.94. The second-order valence-electron chi connectivity index (χ2n) is 7.40. The van der Waals surface area contributed by atoms with E-state index in [1.54, 1.807) is 24.7 Å². The van der Waals surface area contributed by atoms with Gasteiger partial charge in [-0.1, -0.05) is 18.2 Å². The van der Waals surface area contributed by atoms with Crippen LogP contribution in [0, 0.1) is 5.82 Å². The van der Waals surface area contributed by atoms with Crippen molar-refractivity contribution in [2.75, 3.05) is 6.54 Å². The molecule has 6 heteroatoms. The molecule has 5 nitrogen and oxygen atoms in total. The molecule has 2 aromatic heterocycles. The lowest BCUT2D eigenvalue weighted by Crippen LogP contribution is -2.43. The molecule has 0 radical (unpaired) electrons. The van der Waals surface area contributed by atoms with Crippen molar-refractivity contribution in [1.29, 1.82) is 0 Å². The summed E-state index contributed by atoms with van der Waals surface area (Å²) in [6, 6.07) is 10.2. The van der Waals surface area contributed by atoms with Gasteiger partial charge in [-0.2, -0.15) is 0 Å². The van der Waals surface area contributed by atoms with E-state index in [-0.39, 0.29) is 11.7 Å². The summed E-state index contributed by atoms with van der Waals surface area (Å²) < 4.78 is 19.4. The molecule has 4 rings (SSSR count). The van der Waals surface area contributed by atoms with E-state index in [9.17, 15) is 9.18 Å². The van der Waals surface area contributed by atoms with Crippen LogP contribution >= 0.6 is 0 Å². The first-order chi connectivity index (χ1) is 13.5. The Hall–Kier alpha value is -3.02. The van der Waals surface area contributed by atoms with Crippen molar-refractivity contribution in [2.45, 2.75) is 38.1 Å². The highest BCUT2D eigenvalue weighted by Crippen LogP contribution is 2.38. The monoisotopic (exact) mass is 379 g/mol. The fourth-order valence-corrected chi connectivity index (χ4v) is 3.84. The van der Waals surface area contributed by atoms with Crippen LogP contribution in [0.1, 0.15) is 42.5 Å². The van der Waals surface area contributed by atoms with Crippen LogP contribution in [-0.2, 0) is 23.2 Å². The molecule has 1 aliphatic rings. The van der Waals surface area contributed by atoms with E-state index in [1.807, 2.05) is 30.0 Å². The topological polar surface area (TPSA) is 59.2 Å². The normalized spacial score (nSPS) is 19.1. The molecule has 0 N–H and O–H groups in total. The van der Waals surface area contributed by atoms with E-state index < -0.39 is 5.54 Å². The van der Waals surface area contributed by atoms with Gasteiger partial charge in [0.15, 0.2) is 0 Å². The molecule has 0 bridgehead atoms. The summed E-state index contributed by atoms with van der Waals surface area (Å²) in [4.78, 5) is 23.3. The number of carbonyl (C=O) groups is 1. The molecule has 1 saturated heterocycles. The molecule has 1 atom stereocenters. The van der Waals surface area contributed by atoms with E-state index in [0.29, 0.717) is 31.0 Å². The Morgan fingerprint density at radius 2 is 2.11 bits per heavy atom. The Balaban J connectivity index is 1.52. The van der Waals surface area contributed by atoms with Crippen molar-refractivity contribution in [3.63, 3.8) is 0 Å². The molecular weight excluding hydrogens is 357 g/mol. The van der Waals surface area contributed by atoms with E-state index in [4.69, 9.17) is 4.42 Å². The minimum absolute atomic E-state index is 0.0397. The molecule has 0 spiro atoms. The average molecular weight is 379 g/mol. The smallest absolute Gasteiger partial charge is 0.227 e. The van der Waals surface area contributed by atoms with Gasteiger partial charge in [-0.05, 0) is 49.1 Å². The number of likely N-dealkylation sites (tertiary alicyclic amines) is 1. The van der Waals surface area contributed by atoms with Gasteiger partial charge in [0.1, 0.15) is 17.1 Å². The number of rotatable bonds is 5. The van der Waals surface area contributed by atoms with Crippen LogP contribution in [0.15, 0.2) is 59.4 Å². The highest BCUT2D eigenvalue weighted by Gasteiger charge is 2.44. The molecule has 0 unspecified atom stereocenters. The van der Waals surface area contributed by atoms with Crippen LogP contribution in [0.2, 0.25) is 0 Å². The third-order valence-corrected chi connectivity index (χ3v) is 5.30. The number of hydrogen-bond donors (Lipinski definition) is 0. The third kappa shape index (κ3) is 3.67. The van der Waals surface area contributed by atoms with Gasteiger partial charge in [-0.3, -0.25) is 9.78 Å². The molecule has 1 aromatic carbocycles. The van der Waals surface area contributed by atoms with Gasteiger partial charge in [0.25, 0.3) is 0 Å². The van der Waals surface area contributed by atoms with Crippen LogP contribution in [-0.4, -0.2) is 27.3 Å². The predicted octanol–water partition coefficient (Wildman–Crippen LogP) is 3.88. The Bertz CT molecular complexity index is 973. The van der Waals surface area contributed by atoms with Crippen LogP contribution in [0.4, 0.5) is 4.39 Å². The molecule has 3 heterocycles. The Labute approximate surface area is 163 Å². The summed E-state index contributed by atoms with van der Waals surface area (Å²) in [5.41, 5.74) is 1.14. The zero-order valence-electron chi connectivity index (χ0n) is 15.8. The minimum Gasteiger partial charge on any atom is -0.443 e. The van der Waals surface area contributed by atoms with Crippen LogP contribution < -0.4 is 0 Å². The second kappa shape index (κ2) is 7.54. The number of halogens is 1. The quantitative estimate of drug-likeness (QED) is 0.675. The van der Waals surface area contributed by atoms with Crippen LogP contribution in [0.25, 0.3) is 0 Å². The number of carbonyl (C=O) groups excluding carboxylic acids is 1. The first kappa shape index (κ1) is 18.3. The summed E-state index contributed by atoms with van der Waals surface area (Å²) in [5.74, 6) is 0.967. The first-order valence-electron chi connectivity index (χ1n) is 9.43. The van der Waals surface area contributed by atoms with Crippen molar-refractivity contribution in [3.8, 4) is 0 Å². The second-order valence-corrected chi connectivity index (χ2v) is 7.40. The Morgan fingerprint density at radius 1 is 1.25 bits per heavy atom. The zero-order chi connectivity index (χ0) is 19.6. The number of nitrogens with zero attached hydrogens (tertiary/aromatic N) is 3. The summed E-state index contributed by atoms with van der Waals surface area (Å²) in [7, 11) is 0. The molecule has 1 aliphatic heterocycles. The van der Waals surface area contributed by atoms with E-state index in [0.717, 1.165) is 24.0 Å². The van der Waals surface area contributed by atoms with Gasteiger partial charge in [-0.15, -0.1) is 0 Å². The van der Waals surface area contributed by atoms with E-state index in [2.05, 4.69) is 9.97 Å². The summed E-state index contributed by atoms with van der Waals surface area (Å²) in [6.07, 6.45) is 7.55. The lowest BCUT2D eigenvalue weighted by Gasteiger charge is -2.32. The van der Waals surface area contributed by atoms with Gasteiger partial charge in [0.2, 0.25) is 11.8 Å². The van der Waals surface area contributed by atoms with Gasteiger partial charge < -0.3 is 9.32 Å². The van der Waals surface area contributed by atoms with Crippen molar-refractivity contribution in [1.82, 2.24) is 14.9 Å². The maximum atomic E-state index is 13.4. The molecule has 1 fully saturated rings. The summed E-state index contributed by atoms with van der Waals surface area (Å²) in [5, 5.41) is 0. The molecular formula is C22H22FN3O2. The molecule has 28 heavy (non-hydrogen) atoms. The SMILES string of the molecule is C[C@]1(c2ncc(Cc3cccc(F)c3)o2)CCCN1C(=O)Cc1cccnc1. The van der Waals surface area contributed by atoms with Gasteiger partial charge >= 0.3 is 0 Å². The van der Waals surface area contributed by atoms with Crippen LogP contribution in [0.3, 0.4) is 0 Å². The third-order valence-electron chi connectivity index (χ3n) is 5.30. The standard InChI is InChI=1S/C22H22FN3O2/c1-22(8-4-10-26(22)20(27)13-17-6-3-9-24-14-17)21-25-15-19(28-21)12-16-5-2-7-18(23)11-16/h2-3,5-7,9,11,14-15H,4,8,10,12-13H2,1H3/t22-/m1/s1. The first-order valence-corrected chi connectivity index (χ1v) is 9.43. The number of oxazole rings is 1. The lowest BCUT2D eigenvalue weighted by atomic mass is 9.98. The number of benzene rings is 1. The average Bonchev–Trinajstić information content (AvgIpc) is 3.30. The minimum atomic E-state index is -0.570. The molecule has 3 aromatic rings. The summed E-state index contributed by atoms with van der Waals surface area (Å²) in [6.45, 7) is 2.68. The largest absolute Gasteiger partial charge is 0.443 e. The van der Waals surface area contributed by atoms with E-state index in [1.165, 1.54) is 12.1 Å². The van der Waals surface area contributed by atoms with Gasteiger partial charge in [0.05, 0.1) is 12.6 Å². The Morgan fingerprint density at radius 3 is 2.89 bits per heavy atom. The van der Waals surface area contributed by atoms with Gasteiger partial charge in [0, 0.05) is 25.4 Å². The number of pyridine rings is 1. The van der Waals surface area contributed by atoms with Gasteiger partial charge in [-0.25, -0.2) is 9.37 Å². The number of hydrogen-bond acceptors (Lipinski definition) is 4. The zero-order valence-corrected chi connectivity index (χ0v) is 15.8. The van der Waals surface area contributed by atoms with Crippen molar-refractivity contribution in [3.05, 3.63) is 83.6 Å². The highest BCUT2D eigenvalue weighted by molar-refractivity contribution is 5.79. The lowest BCUT2D eigenvalue weighted by molar-refractivity contribution is -0.135. The molecule has 0 aliphatic carbocycles. The molecule has 144 valence electrons. The molecule has 1 amide bonds. The number of amides is 1. The maximum Gasteiger partial charge on any atom is 0.227 e. The summed E-state index contributed by atoms with van der Waals surface area (Å²) >= 11 is 0. The highest BCUT2D eigenvalue weighted by atomic mass is 19.1. The predicted molar refractivity (Wildman–Crippen MR) is 102 cm³/mol. The molecule has 0 saturated carbocycles. The number of aromatic nitrogens is 2. The van der Waals surface area contributed by atoms with Crippen molar-refractivity contribution >= 4 is 5.91 Å². The van der Waals surface area contributed by atoms with Crippen molar-refractivity contribution < 1.29 is 13.6 Å². The maximum absolute atomic E-state index is 13.4. The fraction of sp³-hybridized carbons (Fsp3) is 0.318. The fourth-order valence-electron chi connectivity index (χ4n) is 3.84.